The fraction of sp³-hybridized carbons (Fsp3) is 0.105. The third-order valence-electron chi connectivity index (χ3n) is 3.90. The molecule has 138 valence electrons. The number of aromatic nitrogens is 2. The van der Waals surface area contributed by atoms with Crippen LogP contribution in [0.2, 0.25) is 5.02 Å². The lowest BCUT2D eigenvalue weighted by atomic mass is 10.1. The van der Waals surface area contributed by atoms with E-state index in [-0.39, 0.29) is 11.5 Å². The van der Waals surface area contributed by atoms with Crippen molar-refractivity contribution in [1.82, 2.24) is 9.97 Å². The predicted molar refractivity (Wildman–Crippen MR) is 109 cm³/mol. The quantitative estimate of drug-likeness (QED) is 0.446. The van der Waals surface area contributed by atoms with E-state index in [1.54, 1.807) is 24.3 Å². The molecule has 0 saturated heterocycles. The van der Waals surface area contributed by atoms with Gasteiger partial charge in [0, 0.05) is 16.3 Å². The van der Waals surface area contributed by atoms with Crippen molar-refractivity contribution in [1.29, 1.82) is 0 Å². The van der Waals surface area contributed by atoms with Gasteiger partial charge in [0.25, 0.3) is 11.5 Å². The molecule has 27 heavy (non-hydrogen) atoms. The Bertz CT molecular complexity index is 1030. The number of hydrogen-bond acceptors (Lipinski definition) is 5. The van der Waals surface area contributed by atoms with Crippen LogP contribution in [-0.4, -0.2) is 15.9 Å². The standard InChI is InChI=1S/C19H17ClN4O2S/c1-11-4-2-3-5-13(11)10-27-19-23-16(21)15(18(26)24-19)22-17(25)12-6-8-14(20)9-7-12/h2-9H,10H2,1H3,(H,22,25)(H3,21,23,24,26). The van der Waals surface area contributed by atoms with Gasteiger partial charge in [-0.2, -0.15) is 0 Å². The van der Waals surface area contributed by atoms with E-state index in [9.17, 15) is 9.59 Å². The minimum Gasteiger partial charge on any atom is -0.382 e. The van der Waals surface area contributed by atoms with Gasteiger partial charge in [0.2, 0.25) is 0 Å². The second-order valence-electron chi connectivity index (χ2n) is 5.81. The molecule has 3 aromatic rings. The maximum Gasteiger partial charge on any atom is 0.277 e. The van der Waals surface area contributed by atoms with Gasteiger partial charge in [0.05, 0.1) is 0 Å². The zero-order valence-electron chi connectivity index (χ0n) is 14.5. The molecule has 0 aliphatic carbocycles. The van der Waals surface area contributed by atoms with E-state index in [0.29, 0.717) is 21.5 Å². The second-order valence-corrected chi connectivity index (χ2v) is 7.21. The van der Waals surface area contributed by atoms with Gasteiger partial charge in [-0.15, -0.1) is 0 Å². The number of nitrogens with two attached hydrogens (primary N) is 1. The topological polar surface area (TPSA) is 101 Å². The van der Waals surface area contributed by atoms with Crippen molar-refractivity contribution in [3.8, 4) is 0 Å². The first-order valence-electron chi connectivity index (χ1n) is 8.08. The molecule has 0 bridgehead atoms. The van der Waals surface area contributed by atoms with Gasteiger partial charge in [-0.1, -0.05) is 47.6 Å². The third kappa shape index (κ3) is 4.69. The molecule has 0 saturated carbocycles. The monoisotopic (exact) mass is 400 g/mol. The maximum absolute atomic E-state index is 12.3. The minimum absolute atomic E-state index is 0.0339. The highest BCUT2D eigenvalue weighted by Crippen LogP contribution is 2.23. The Hall–Kier alpha value is -2.77. The Morgan fingerprint density at radius 3 is 2.59 bits per heavy atom. The number of amides is 1. The van der Waals surface area contributed by atoms with Gasteiger partial charge in [0.1, 0.15) is 5.69 Å². The summed E-state index contributed by atoms with van der Waals surface area (Å²) in [5.74, 6) is 0.144. The number of halogens is 1. The average Bonchev–Trinajstić information content (AvgIpc) is 2.64. The summed E-state index contributed by atoms with van der Waals surface area (Å²) in [6, 6.07) is 14.3. The predicted octanol–water partition coefficient (Wildman–Crippen LogP) is 3.86. The number of thioether (sulfide) groups is 1. The summed E-state index contributed by atoms with van der Waals surface area (Å²) in [6.07, 6.45) is 0. The summed E-state index contributed by atoms with van der Waals surface area (Å²) in [6.45, 7) is 2.02. The molecule has 1 amide bonds. The molecule has 0 unspecified atom stereocenters. The average molecular weight is 401 g/mol. The summed E-state index contributed by atoms with van der Waals surface area (Å²) < 4.78 is 0. The Labute approximate surface area is 165 Å². The Morgan fingerprint density at radius 1 is 1.22 bits per heavy atom. The van der Waals surface area contributed by atoms with Crippen LogP contribution in [0.4, 0.5) is 11.5 Å². The van der Waals surface area contributed by atoms with E-state index in [0.717, 1.165) is 11.1 Å². The number of aryl methyl sites for hydroxylation is 1. The van der Waals surface area contributed by atoms with Gasteiger partial charge in [-0.05, 0) is 42.3 Å². The molecular formula is C19H17ClN4O2S. The molecule has 0 radical (unpaired) electrons. The molecule has 3 rings (SSSR count). The van der Waals surface area contributed by atoms with Crippen LogP contribution in [0.25, 0.3) is 0 Å². The lowest BCUT2D eigenvalue weighted by Gasteiger charge is -2.09. The molecule has 2 aromatic carbocycles. The minimum atomic E-state index is -0.503. The largest absolute Gasteiger partial charge is 0.382 e. The summed E-state index contributed by atoms with van der Waals surface area (Å²) in [5.41, 5.74) is 7.97. The number of carbonyl (C=O) groups is 1. The molecule has 4 N–H and O–H groups in total. The Morgan fingerprint density at radius 2 is 1.93 bits per heavy atom. The molecule has 6 nitrogen and oxygen atoms in total. The van der Waals surface area contributed by atoms with Crippen LogP contribution in [0.15, 0.2) is 58.5 Å². The van der Waals surface area contributed by atoms with Crippen LogP contribution in [0.1, 0.15) is 21.5 Å². The van der Waals surface area contributed by atoms with Crippen molar-refractivity contribution < 1.29 is 4.79 Å². The molecule has 8 heteroatoms. The number of aromatic amines is 1. The van der Waals surface area contributed by atoms with Crippen LogP contribution in [-0.2, 0) is 5.75 Å². The number of rotatable bonds is 5. The molecule has 0 spiro atoms. The number of nitrogens with one attached hydrogen (secondary N) is 2. The van der Waals surface area contributed by atoms with E-state index >= 15 is 0 Å². The fourth-order valence-corrected chi connectivity index (χ4v) is 3.43. The van der Waals surface area contributed by atoms with Crippen molar-refractivity contribution in [2.24, 2.45) is 0 Å². The van der Waals surface area contributed by atoms with Crippen LogP contribution in [0.3, 0.4) is 0 Å². The van der Waals surface area contributed by atoms with E-state index in [1.807, 2.05) is 31.2 Å². The normalized spacial score (nSPS) is 10.6. The van der Waals surface area contributed by atoms with E-state index in [4.69, 9.17) is 17.3 Å². The van der Waals surface area contributed by atoms with Gasteiger partial charge in [0.15, 0.2) is 11.0 Å². The maximum atomic E-state index is 12.3. The first kappa shape index (κ1) is 19.0. The van der Waals surface area contributed by atoms with Gasteiger partial charge >= 0.3 is 0 Å². The lowest BCUT2D eigenvalue weighted by Crippen LogP contribution is -2.23. The van der Waals surface area contributed by atoms with Crippen LogP contribution in [0, 0.1) is 6.92 Å². The number of H-pyrrole nitrogens is 1. The zero-order valence-corrected chi connectivity index (χ0v) is 16.0. The molecule has 0 aliphatic rings. The number of carbonyl (C=O) groups excluding carboxylic acids is 1. The van der Waals surface area contributed by atoms with Crippen LogP contribution >= 0.6 is 23.4 Å². The van der Waals surface area contributed by atoms with E-state index in [2.05, 4.69) is 15.3 Å². The fourth-order valence-electron chi connectivity index (χ4n) is 2.36. The highest BCUT2D eigenvalue weighted by Gasteiger charge is 2.14. The number of nitrogen functional groups attached to an aromatic ring is 1. The third-order valence-corrected chi connectivity index (χ3v) is 5.07. The van der Waals surface area contributed by atoms with Crippen molar-refractivity contribution in [2.45, 2.75) is 17.8 Å². The molecule has 1 aromatic heterocycles. The van der Waals surface area contributed by atoms with Gasteiger partial charge in [-0.3, -0.25) is 14.6 Å². The number of benzene rings is 2. The van der Waals surface area contributed by atoms with Crippen molar-refractivity contribution in [2.75, 3.05) is 11.1 Å². The van der Waals surface area contributed by atoms with Gasteiger partial charge in [-0.25, -0.2) is 4.98 Å². The molecule has 1 heterocycles. The van der Waals surface area contributed by atoms with Gasteiger partial charge < -0.3 is 11.1 Å². The molecule has 0 atom stereocenters. The molecular weight excluding hydrogens is 384 g/mol. The number of anilines is 2. The van der Waals surface area contributed by atoms with E-state index < -0.39 is 11.5 Å². The van der Waals surface area contributed by atoms with Crippen LogP contribution < -0.4 is 16.6 Å². The zero-order chi connectivity index (χ0) is 19.4. The Balaban J connectivity index is 1.75. The highest BCUT2D eigenvalue weighted by molar-refractivity contribution is 7.98. The summed E-state index contributed by atoms with van der Waals surface area (Å²) in [4.78, 5) is 31.4. The first-order chi connectivity index (χ1) is 12.9. The summed E-state index contributed by atoms with van der Waals surface area (Å²) in [7, 11) is 0. The summed E-state index contributed by atoms with van der Waals surface area (Å²) >= 11 is 7.18. The smallest absolute Gasteiger partial charge is 0.277 e. The Kier molecular flexibility index (Phi) is 5.83. The first-order valence-corrected chi connectivity index (χ1v) is 9.44. The van der Waals surface area contributed by atoms with Crippen LogP contribution in [0.5, 0.6) is 0 Å². The molecule has 0 aliphatic heterocycles. The second kappa shape index (κ2) is 8.28. The summed E-state index contributed by atoms with van der Waals surface area (Å²) in [5, 5.41) is 3.41. The highest BCUT2D eigenvalue weighted by atomic mass is 35.5. The van der Waals surface area contributed by atoms with Crippen molar-refractivity contribution in [3.63, 3.8) is 0 Å². The lowest BCUT2D eigenvalue weighted by molar-refractivity contribution is 0.102. The number of hydrogen-bond donors (Lipinski definition) is 3. The van der Waals surface area contributed by atoms with E-state index in [1.165, 1.54) is 11.8 Å². The molecule has 0 fully saturated rings. The van der Waals surface area contributed by atoms with Crippen molar-refractivity contribution >= 4 is 40.8 Å². The SMILES string of the molecule is Cc1ccccc1CSc1nc(N)c(NC(=O)c2ccc(Cl)cc2)c(=O)[nH]1. The van der Waals surface area contributed by atoms with Crippen molar-refractivity contribution in [3.05, 3.63) is 80.6 Å². The number of nitrogens with zero attached hydrogens (tertiary/aromatic N) is 1.